The summed E-state index contributed by atoms with van der Waals surface area (Å²) in [4.78, 5) is 2.17. The van der Waals surface area contributed by atoms with Crippen LogP contribution in [0.25, 0.3) is 77.2 Å². The quantitative estimate of drug-likeness (QED) is 0.116. The van der Waals surface area contributed by atoms with Crippen LogP contribution in [0.15, 0.2) is 241 Å². The van der Waals surface area contributed by atoms with Crippen molar-refractivity contribution >= 4 is 73.8 Å². The number of anilines is 2. The zero-order valence-corrected chi connectivity index (χ0v) is 35.1. The van der Waals surface area contributed by atoms with Crippen molar-refractivity contribution in [3.63, 3.8) is 0 Å². The number of thiol groups is 1. The first-order valence-electron chi connectivity index (χ1n) is 21.1. The van der Waals surface area contributed by atoms with Crippen molar-refractivity contribution in [3.8, 4) is 39.1 Å². The van der Waals surface area contributed by atoms with E-state index >= 15 is 0 Å². The van der Waals surface area contributed by atoms with E-state index in [0.29, 0.717) is 11.4 Å². The minimum atomic E-state index is 0.299. The summed E-state index contributed by atoms with van der Waals surface area (Å²) in [6.45, 7) is 0. The summed E-state index contributed by atoms with van der Waals surface area (Å²) in [7, 11) is 0. The first kappa shape index (κ1) is 38.0. The van der Waals surface area contributed by atoms with Gasteiger partial charge in [-0.1, -0.05) is 176 Å². The molecule has 1 aliphatic carbocycles. The molecule has 0 radical (unpaired) electrons. The number of fused-ring (bicyclic) bond motifs is 5. The Kier molecular flexibility index (Phi) is 9.72. The average molecular weight is 825 g/mol. The number of aromatic nitrogens is 1. The molecule has 0 atom stereocenters. The lowest BCUT2D eigenvalue weighted by atomic mass is 9.90. The second kappa shape index (κ2) is 16.1. The van der Waals surface area contributed by atoms with Crippen LogP contribution in [0.4, 0.5) is 11.4 Å². The number of allylic oxidation sites excluding steroid dienone is 4. The number of rotatable bonds is 8. The van der Waals surface area contributed by atoms with Crippen LogP contribution in [-0.4, -0.2) is 16.0 Å². The van der Waals surface area contributed by atoms with Crippen molar-refractivity contribution < 1.29 is 0 Å². The Labute approximate surface area is 372 Å². The Bertz CT molecular complexity index is 3340. The van der Waals surface area contributed by atoms with Gasteiger partial charge in [0.15, 0.2) is 0 Å². The van der Waals surface area contributed by atoms with E-state index in [9.17, 15) is 5.41 Å². The third-order valence-corrected chi connectivity index (χ3v) is 12.3. The maximum atomic E-state index is 9.82. The SMILES string of the molecule is N=C1C(c2ccc3c4ccc5cccc(-c6ccccc6)c5c4n(-c4ccccc4)c3c2)=CC=C(N(c2ccc(-c3ccccc3)cc2)c2ccc(-c3ccccc3)cc2)C1=NS. The Morgan fingerprint density at radius 3 is 1.57 bits per heavy atom. The topological polar surface area (TPSA) is 44.4 Å². The van der Waals surface area contributed by atoms with E-state index in [2.05, 4.69) is 245 Å². The lowest BCUT2D eigenvalue weighted by molar-refractivity contribution is 1.19. The molecule has 0 saturated carbocycles. The first-order valence-corrected chi connectivity index (χ1v) is 21.5. The highest BCUT2D eigenvalue weighted by Gasteiger charge is 2.28. The van der Waals surface area contributed by atoms with Crippen LogP contribution >= 0.6 is 12.8 Å². The van der Waals surface area contributed by atoms with Crippen LogP contribution in [0, 0.1) is 5.41 Å². The molecule has 1 aromatic heterocycles. The third kappa shape index (κ3) is 6.76. The highest BCUT2D eigenvalue weighted by Crippen LogP contribution is 2.42. The lowest BCUT2D eigenvalue weighted by Gasteiger charge is -2.31. The number of hydrogen-bond donors (Lipinski definition) is 2. The second-order valence-electron chi connectivity index (χ2n) is 15.8. The molecule has 1 heterocycles. The van der Waals surface area contributed by atoms with E-state index in [4.69, 9.17) is 0 Å². The number of para-hydroxylation sites is 1. The molecule has 10 aromatic rings. The molecule has 0 aliphatic heterocycles. The zero-order chi connectivity index (χ0) is 42.3. The molecule has 9 aromatic carbocycles. The molecule has 0 fully saturated rings. The Hall–Kier alpha value is -7.99. The van der Waals surface area contributed by atoms with Gasteiger partial charge in [0.2, 0.25) is 0 Å². The van der Waals surface area contributed by atoms with Crippen molar-refractivity contribution in [2.24, 2.45) is 4.40 Å². The van der Waals surface area contributed by atoms with Gasteiger partial charge in [0, 0.05) is 38.8 Å². The van der Waals surface area contributed by atoms with Crippen LogP contribution in [0.5, 0.6) is 0 Å². The van der Waals surface area contributed by atoms with E-state index in [1.165, 1.54) is 27.3 Å². The molecule has 298 valence electrons. The molecular formula is C58H40N4S. The highest BCUT2D eigenvalue weighted by molar-refractivity contribution is 7.79. The van der Waals surface area contributed by atoms with Crippen molar-refractivity contribution in [2.75, 3.05) is 4.90 Å². The summed E-state index contributed by atoms with van der Waals surface area (Å²) in [5, 5.41) is 14.5. The predicted molar refractivity (Wildman–Crippen MR) is 270 cm³/mol. The maximum Gasteiger partial charge on any atom is 0.121 e. The van der Waals surface area contributed by atoms with Gasteiger partial charge in [-0.25, -0.2) is 4.40 Å². The molecular weight excluding hydrogens is 785 g/mol. The zero-order valence-electron chi connectivity index (χ0n) is 34.2. The fraction of sp³-hybridized carbons (Fsp3) is 0. The minimum absolute atomic E-state index is 0.299. The normalized spacial score (nSPS) is 13.4. The van der Waals surface area contributed by atoms with Crippen LogP contribution < -0.4 is 4.90 Å². The average Bonchev–Trinajstić information content (AvgIpc) is 3.69. The minimum Gasteiger partial charge on any atom is -0.309 e. The standard InChI is InChI=1S/C58H40N4S/c59-56-50(45-29-34-51-52-35-28-44-20-13-23-49(43-18-9-3-10-19-43)55(44)58(52)62(54(51)38-45)46-21-11-4-12-22-46)36-37-53(57(56)60-63)61(47-30-24-41(25-31-47)39-14-5-1-6-15-39)48-32-26-42(27-33-48)40-16-7-2-8-17-40/h1-38,59,63H. The Morgan fingerprint density at radius 2 is 0.984 bits per heavy atom. The summed E-state index contributed by atoms with van der Waals surface area (Å²) in [6.07, 6.45) is 4.14. The largest absolute Gasteiger partial charge is 0.309 e. The van der Waals surface area contributed by atoms with Crippen LogP contribution in [0.3, 0.4) is 0 Å². The number of hydrogen-bond acceptors (Lipinski definition) is 4. The predicted octanol–water partition coefficient (Wildman–Crippen LogP) is 15.4. The van der Waals surface area contributed by atoms with Gasteiger partial charge in [-0.05, 0) is 112 Å². The molecule has 1 aliphatic rings. The number of nitrogens with zero attached hydrogens (tertiary/aromatic N) is 3. The number of nitrogens with one attached hydrogen (secondary N) is 1. The van der Waals surface area contributed by atoms with Crippen molar-refractivity contribution in [1.82, 2.24) is 4.57 Å². The molecule has 0 saturated heterocycles. The molecule has 4 nitrogen and oxygen atoms in total. The maximum absolute atomic E-state index is 9.82. The third-order valence-electron chi connectivity index (χ3n) is 12.1. The fourth-order valence-electron chi connectivity index (χ4n) is 9.14. The molecule has 0 spiro atoms. The molecule has 5 heteroatoms. The van der Waals surface area contributed by atoms with Gasteiger partial charge < -0.3 is 9.47 Å². The molecule has 0 unspecified atom stereocenters. The van der Waals surface area contributed by atoms with Gasteiger partial charge in [-0.3, -0.25) is 5.41 Å². The monoisotopic (exact) mass is 824 g/mol. The lowest BCUT2D eigenvalue weighted by Crippen LogP contribution is -2.30. The first-order chi connectivity index (χ1) is 31.1. The molecule has 0 bridgehead atoms. The van der Waals surface area contributed by atoms with Crippen LogP contribution in [0.1, 0.15) is 5.56 Å². The van der Waals surface area contributed by atoms with Gasteiger partial charge in [-0.15, -0.1) is 0 Å². The van der Waals surface area contributed by atoms with Gasteiger partial charge in [0.1, 0.15) is 5.71 Å². The summed E-state index contributed by atoms with van der Waals surface area (Å²) in [6, 6.07) is 76.8. The molecule has 0 amide bonds. The van der Waals surface area contributed by atoms with Gasteiger partial charge >= 0.3 is 0 Å². The number of benzene rings is 9. The van der Waals surface area contributed by atoms with Gasteiger partial charge in [0.25, 0.3) is 0 Å². The summed E-state index contributed by atoms with van der Waals surface area (Å²) in [5.41, 5.74) is 15.4. The van der Waals surface area contributed by atoms with Gasteiger partial charge in [-0.2, -0.15) is 0 Å². The summed E-state index contributed by atoms with van der Waals surface area (Å²) >= 11 is 4.56. The second-order valence-corrected chi connectivity index (χ2v) is 16.0. The van der Waals surface area contributed by atoms with E-state index in [1.54, 1.807) is 0 Å². The van der Waals surface area contributed by atoms with Crippen molar-refractivity contribution in [2.45, 2.75) is 0 Å². The molecule has 63 heavy (non-hydrogen) atoms. The van der Waals surface area contributed by atoms with Crippen molar-refractivity contribution in [3.05, 3.63) is 242 Å². The molecule has 1 N–H and O–H groups in total. The summed E-state index contributed by atoms with van der Waals surface area (Å²) in [5.74, 6) is 0. The Balaban J connectivity index is 1.07. The van der Waals surface area contributed by atoms with E-state index in [1.807, 2.05) is 12.1 Å². The smallest absolute Gasteiger partial charge is 0.121 e. The van der Waals surface area contributed by atoms with E-state index < -0.39 is 0 Å². The highest BCUT2D eigenvalue weighted by atomic mass is 32.1. The summed E-state index contributed by atoms with van der Waals surface area (Å²) < 4.78 is 6.95. The molecule has 11 rings (SSSR count). The Morgan fingerprint density at radius 1 is 0.460 bits per heavy atom. The van der Waals surface area contributed by atoms with Crippen molar-refractivity contribution in [1.29, 1.82) is 5.41 Å². The fourth-order valence-corrected chi connectivity index (χ4v) is 9.34. The van der Waals surface area contributed by atoms with Crippen LogP contribution in [-0.2, 0) is 0 Å². The van der Waals surface area contributed by atoms with Gasteiger partial charge in [0.05, 0.1) is 22.4 Å². The van der Waals surface area contributed by atoms with Crippen LogP contribution in [0.2, 0.25) is 0 Å². The van der Waals surface area contributed by atoms with E-state index in [0.717, 1.165) is 72.6 Å². The van der Waals surface area contributed by atoms with E-state index in [-0.39, 0.29) is 0 Å².